The van der Waals surface area contributed by atoms with Gasteiger partial charge in [-0.3, -0.25) is 4.79 Å². The smallest absolute Gasteiger partial charge is 0.255 e. The van der Waals surface area contributed by atoms with E-state index in [4.69, 9.17) is 15.2 Å². The summed E-state index contributed by atoms with van der Waals surface area (Å²) in [6, 6.07) is 19.8. The van der Waals surface area contributed by atoms with Gasteiger partial charge in [0.25, 0.3) is 5.91 Å². The molecule has 7 heteroatoms. The first-order valence-corrected chi connectivity index (χ1v) is 9.20. The molecule has 0 saturated carbocycles. The third-order valence-electron chi connectivity index (χ3n) is 4.55. The largest absolute Gasteiger partial charge is 0.493 e. The van der Waals surface area contributed by atoms with Gasteiger partial charge in [-0.1, -0.05) is 24.3 Å². The summed E-state index contributed by atoms with van der Waals surface area (Å²) >= 11 is 0. The maximum absolute atomic E-state index is 12.4. The number of nitrogens with one attached hydrogen (secondary N) is 2. The molecular formula is C23H22N4O3. The van der Waals surface area contributed by atoms with E-state index in [1.807, 2.05) is 24.3 Å². The van der Waals surface area contributed by atoms with Crippen LogP contribution in [-0.2, 0) is 6.54 Å². The maximum atomic E-state index is 12.4. The molecule has 0 unspecified atom stereocenters. The van der Waals surface area contributed by atoms with Gasteiger partial charge in [0.15, 0.2) is 11.5 Å². The number of rotatable bonds is 7. The van der Waals surface area contributed by atoms with Crippen LogP contribution in [0.2, 0.25) is 0 Å². The number of benzene rings is 3. The van der Waals surface area contributed by atoms with E-state index in [0.717, 1.165) is 5.56 Å². The summed E-state index contributed by atoms with van der Waals surface area (Å²) in [6.45, 7) is 0.470. The van der Waals surface area contributed by atoms with Crippen LogP contribution in [0.15, 0.2) is 60.7 Å². The summed E-state index contributed by atoms with van der Waals surface area (Å²) in [5.41, 5.74) is 9.50. The van der Waals surface area contributed by atoms with Gasteiger partial charge in [-0.2, -0.15) is 5.26 Å². The van der Waals surface area contributed by atoms with Crippen molar-refractivity contribution in [2.24, 2.45) is 0 Å². The van der Waals surface area contributed by atoms with Gasteiger partial charge in [-0.05, 0) is 29.8 Å². The van der Waals surface area contributed by atoms with Gasteiger partial charge < -0.3 is 25.8 Å². The number of nitrogen functional groups attached to an aromatic ring is 1. The molecule has 0 radical (unpaired) electrons. The monoisotopic (exact) mass is 402 g/mol. The van der Waals surface area contributed by atoms with Gasteiger partial charge in [0.05, 0.1) is 36.8 Å². The fraction of sp³-hybridized carbons (Fsp3) is 0.130. The SMILES string of the molecule is COc1cc(C#N)c(NCc2ccc(C(=O)Nc3ccccc3N)cc2)cc1OC. The van der Waals surface area contributed by atoms with Crippen molar-refractivity contribution in [3.63, 3.8) is 0 Å². The summed E-state index contributed by atoms with van der Waals surface area (Å²) in [5.74, 6) is 0.791. The Morgan fingerprint density at radius 3 is 2.30 bits per heavy atom. The highest BCUT2D eigenvalue weighted by Crippen LogP contribution is 2.33. The number of anilines is 3. The molecule has 0 heterocycles. The quantitative estimate of drug-likeness (QED) is 0.515. The Morgan fingerprint density at radius 2 is 1.67 bits per heavy atom. The summed E-state index contributed by atoms with van der Waals surface area (Å²) in [4.78, 5) is 12.4. The molecule has 30 heavy (non-hydrogen) atoms. The van der Waals surface area contributed by atoms with E-state index < -0.39 is 0 Å². The van der Waals surface area contributed by atoms with E-state index >= 15 is 0 Å². The number of hydrogen-bond donors (Lipinski definition) is 3. The molecule has 0 spiro atoms. The van der Waals surface area contributed by atoms with E-state index in [0.29, 0.717) is 46.2 Å². The van der Waals surface area contributed by atoms with Crippen molar-refractivity contribution in [1.82, 2.24) is 0 Å². The number of para-hydroxylation sites is 2. The van der Waals surface area contributed by atoms with Crippen molar-refractivity contribution >= 4 is 23.0 Å². The Labute approximate surface area is 175 Å². The van der Waals surface area contributed by atoms with E-state index in [9.17, 15) is 10.1 Å². The topological polar surface area (TPSA) is 109 Å². The second kappa shape index (κ2) is 9.34. The Balaban J connectivity index is 1.69. The number of hydrogen-bond acceptors (Lipinski definition) is 6. The number of carbonyl (C=O) groups excluding carboxylic acids is 1. The number of nitriles is 1. The van der Waals surface area contributed by atoms with Gasteiger partial charge >= 0.3 is 0 Å². The van der Waals surface area contributed by atoms with Crippen LogP contribution in [0.4, 0.5) is 17.1 Å². The standard InChI is InChI=1S/C23H22N4O3/c1-29-21-11-17(13-24)20(12-22(21)30-2)26-14-15-7-9-16(10-8-15)23(28)27-19-6-4-3-5-18(19)25/h3-12,26H,14,25H2,1-2H3,(H,27,28). The molecule has 0 fully saturated rings. The van der Waals surface area contributed by atoms with Gasteiger partial charge in [-0.15, -0.1) is 0 Å². The predicted molar refractivity (Wildman–Crippen MR) is 117 cm³/mol. The number of amides is 1. The molecular weight excluding hydrogens is 380 g/mol. The van der Waals surface area contributed by atoms with Crippen LogP contribution in [0.5, 0.6) is 11.5 Å². The van der Waals surface area contributed by atoms with Gasteiger partial charge in [0.1, 0.15) is 6.07 Å². The molecule has 1 amide bonds. The highest BCUT2D eigenvalue weighted by atomic mass is 16.5. The second-order valence-electron chi connectivity index (χ2n) is 6.46. The van der Waals surface area contributed by atoms with Crippen LogP contribution in [0.25, 0.3) is 0 Å². The minimum Gasteiger partial charge on any atom is -0.493 e. The lowest BCUT2D eigenvalue weighted by atomic mass is 10.1. The molecule has 0 aromatic heterocycles. The molecule has 0 aliphatic heterocycles. The zero-order valence-electron chi connectivity index (χ0n) is 16.7. The molecule has 3 aromatic rings. The Bertz CT molecular complexity index is 1090. The average Bonchev–Trinajstić information content (AvgIpc) is 2.78. The number of nitrogens with two attached hydrogens (primary N) is 1. The second-order valence-corrected chi connectivity index (χ2v) is 6.46. The molecule has 0 aliphatic rings. The third kappa shape index (κ3) is 4.62. The van der Waals surface area contributed by atoms with Crippen molar-refractivity contribution in [2.45, 2.75) is 6.54 Å². The molecule has 0 bridgehead atoms. The van der Waals surface area contributed by atoms with E-state index in [2.05, 4.69) is 16.7 Å². The van der Waals surface area contributed by atoms with Crippen molar-refractivity contribution in [1.29, 1.82) is 5.26 Å². The summed E-state index contributed by atoms with van der Waals surface area (Å²) in [7, 11) is 3.07. The van der Waals surface area contributed by atoms with Crippen LogP contribution in [0.1, 0.15) is 21.5 Å². The van der Waals surface area contributed by atoms with E-state index in [-0.39, 0.29) is 5.91 Å². The van der Waals surface area contributed by atoms with Crippen LogP contribution in [0.3, 0.4) is 0 Å². The summed E-state index contributed by atoms with van der Waals surface area (Å²) < 4.78 is 10.5. The zero-order chi connectivity index (χ0) is 21.5. The van der Waals surface area contributed by atoms with Crippen LogP contribution < -0.4 is 25.8 Å². The Hall–Kier alpha value is -4.18. The Morgan fingerprint density at radius 1 is 1.00 bits per heavy atom. The molecule has 7 nitrogen and oxygen atoms in total. The first-order valence-electron chi connectivity index (χ1n) is 9.20. The number of methoxy groups -OCH3 is 2. The summed E-state index contributed by atoms with van der Waals surface area (Å²) in [5, 5.41) is 15.4. The Kier molecular flexibility index (Phi) is 6.40. The number of carbonyl (C=O) groups is 1. The molecule has 0 saturated heterocycles. The molecule has 3 rings (SSSR count). The van der Waals surface area contributed by atoms with Crippen molar-refractivity contribution in [3.8, 4) is 17.6 Å². The summed E-state index contributed by atoms with van der Waals surface area (Å²) in [6.07, 6.45) is 0. The average molecular weight is 402 g/mol. The van der Waals surface area contributed by atoms with Gasteiger partial charge in [-0.25, -0.2) is 0 Å². The highest BCUT2D eigenvalue weighted by molar-refractivity contribution is 6.05. The minimum atomic E-state index is -0.237. The van der Waals surface area contributed by atoms with Crippen molar-refractivity contribution < 1.29 is 14.3 Å². The lowest BCUT2D eigenvalue weighted by Gasteiger charge is -2.13. The van der Waals surface area contributed by atoms with Crippen LogP contribution in [0, 0.1) is 11.3 Å². The number of nitrogens with zero attached hydrogens (tertiary/aromatic N) is 1. The lowest BCUT2D eigenvalue weighted by Crippen LogP contribution is -2.13. The first kappa shape index (κ1) is 20.6. The first-order chi connectivity index (χ1) is 14.5. The van der Waals surface area contributed by atoms with Gasteiger partial charge in [0.2, 0.25) is 0 Å². The van der Waals surface area contributed by atoms with E-state index in [1.165, 1.54) is 7.11 Å². The lowest BCUT2D eigenvalue weighted by molar-refractivity contribution is 0.102. The molecule has 0 aliphatic carbocycles. The van der Waals surface area contributed by atoms with E-state index in [1.54, 1.807) is 43.5 Å². The molecule has 3 aromatic carbocycles. The van der Waals surface area contributed by atoms with Crippen LogP contribution in [-0.4, -0.2) is 20.1 Å². The zero-order valence-corrected chi connectivity index (χ0v) is 16.7. The van der Waals surface area contributed by atoms with Gasteiger partial charge in [0, 0.05) is 24.2 Å². The van der Waals surface area contributed by atoms with Crippen molar-refractivity contribution in [2.75, 3.05) is 30.6 Å². The van der Waals surface area contributed by atoms with Crippen molar-refractivity contribution in [3.05, 3.63) is 77.4 Å². The third-order valence-corrected chi connectivity index (χ3v) is 4.55. The molecule has 0 atom stereocenters. The highest BCUT2D eigenvalue weighted by Gasteiger charge is 2.11. The fourth-order valence-electron chi connectivity index (χ4n) is 2.89. The molecule has 152 valence electrons. The normalized spacial score (nSPS) is 10.0. The minimum absolute atomic E-state index is 0.237. The fourth-order valence-corrected chi connectivity index (χ4v) is 2.89. The number of ether oxygens (including phenoxy) is 2. The van der Waals surface area contributed by atoms with Crippen LogP contribution >= 0.6 is 0 Å². The predicted octanol–water partition coefficient (Wildman–Crippen LogP) is 4.02. The maximum Gasteiger partial charge on any atom is 0.255 e. The molecule has 4 N–H and O–H groups in total.